The van der Waals surface area contributed by atoms with Crippen molar-refractivity contribution in [2.75, 3.05) is 65.6 Å². The van der Waals surface area contributed by atoms with Crippen molar-refractivity contribution in [3.63, 3.8) is 0 Å². The highest BCUT2D eigenvalue weighted by Gasteiger charge is 2.31. The van der Waals surface area contributed by atoms with Crippen LogP contribution in [0.5, 0.6) is 0 Å². The van der Waals surface area contributed by atoms with Gasteiger partial charge in [0.2, 0.25) is 0 Å². The summed E-state index contributed by atoms with van der Waals surface area (Å²) in [5.41, 5.74) is 2.15. The van der Waals surface area contributed by atoms with Crippen LogP contribution in [0.25, 0.3) is 16.9 Å². The van der Waals surface area contributed by atoms with E-state index in [0.717, 1.165) is 25.3 Å². The van der Waals surface area contributed by atoms with Gasteiger partial charge in [-0.1, -0.05) is 25.1 Å². The molecule has 3 aromatic rings. The molecule has 0 saturated carbocycles. The lowest BCUT2D eigenvalue weighted by molar-refractivity contribution is 0.0695. The van der Waals surface area contributed by atoms with Crippen LogP contribution in [-0.2, 0) is 20.8 Å². The molecule has 0 unspecified atom stereocenters. The lowest BCUT2D eigenvalue weighted by Gasteiger charge is -2.23. The Kier molecular flexibility index (Phi) is 11.2. The zero-order valence-electron chi connectivity index (χ0n) is 27.1. The van der Waals surface area contributed by atoms with E-state index in [0.29, 0.717) is 55.3 Å². The maximum absolute atomic E-state index is 13.5. The summed E-state index contributed by atoms with van der Waals surface area (Å²) >= 11 is 0. The van der Waals surface area contributed by atoms with Crippen molar-refractivity contribution in [3.05, 3.63) is 64.1 Å². The largest absolute Gasteiger partial charge is 0.383 e. The van der Waals surface area contributed by atoms with E-state index in [-0.39, 0.29) is 42.7 Å². The third-order valence-corrected chi connectivity index (χ3v) is 8.67. The minimum atomic E-state index is -0.437. The average molecular weight is 636 g/mol. The van der Waals surface area contributed by atoms with Crippen LogP contribution in [0.1, 0.15) is 35.7 Å². The molecule has 5 rings (SSSR count). The monoisotopic (exact) mass is 635 g/mol. The molecule has 2 atom stereocenters. The molecule has 0 radical (unpaired) electrons. The van der Waals surface area contributed by atoms with Gasteiger partial charge in [-0.05, 0) is 43.9 Å². The Hall–Kier alpha value is -4.04. The number of nitrogens with zero attached hydrogens (tertiary/aromatic N) is 4. The van der Waals surface area contributed by atoms with Crippen LogP contribution in [-0.4, -0.2) is 104 Å². The van der Waals surface area contributed by atoms with Crippen molar-refractivity contribution in [3.8, 4) is 16.9 Å². The van der Waals surface area contributed by atoms with E-state index in [1.807, 2.05) is 37.3 Å². The second-order valence-electron chi connectivity index (χ2n) is 12.0. The zero-order valence-corrected chi connectivity index (χ0v) is 27.1. The standard InChI is InChI=1S/C33H45N7O6/c1-22-19-38(12-16-44-3)21-28(22)35-33(43)36-30-23(2)29(37-40(30)26-8-6-5-7-9-26)24-18-27(32(42)39(20-24)13-17-45-4)31(41)34-25-10-14-46-15-11-25/h5-9,18,20,22,25,28H,10-17,19,21H2,1-4H3,(H,34,41)(H2,35,36,43)/t22-,28-/m1/s1. The summed E-state index contributed by atoms with van der Waals surface area (Å²) in [6.45, 7) is 8.74. The molecule has 0 spiro atoms. The lowest BCUT2D eigenvalue weighted by Crippen LogP contribution is -2.42. The molecule has 46 heavy (non-hydrogen) atoms. The van der Waals surface area contributed by atoms with Gasteiger partial charge in [0.25, 0.3) is 11.5 Å². The molecule has 2 aromatic heterocycles. The Morgan fingerprint density at radius 3 is 2.46 bits per heavy atom. The number of hydrogen-bond acceptors (Lipinski definition) is 8. The van der Waals surface area contributed by atoms with Gasteiger partial charge in [-0.25, -0.2) is 9.48 Å². The minimum absolute atomic E-state index is 0.0223. The minimum Gasteiger partial charge on any atom is -0.383 e. The number of para-hydroxylation sites is 1. The molecule has 3 amide bonds. The molecule has 248 valence electrons. The lowest BCUT2D eigenvalue weighted by atomic mass is 10.1. The fraction of sp³-hybridized carbons (Fsp3) is 0.515. The number of anilines is 1. The molecule has 4 heterocycles. The molecule has 2 fully saturated rings. The van der Waals surface area contributed by atoms with Gasteiger partial charge in [0, 0.05) is 83.0 Å². The van der Waals surface area contributed by atoms with Crippen molar-refractivity contribution in [2.24, 2.45) is 5.92 Å². The Morgan fingerprint density at radius 1 is 1.02 bits per heavy atom. The van der Waals surface area contributed by atoms with E-state index in [2.05, 4.69) is 27.8 Å². The highest BCUT2D eigenvalue weighted by atomic mass is 16.5. The maximum atomic E-state index is 13.5. The number of rotatable bonds is 12. The van der Waals surface area contributed by atoms with E-state index >= 15 is 0 Å². The number of nitrogens with one attached hydrogen (secondary N) is 3. The summed E-state index contributed by atoms with van der Waals surface area (Å²) in [4.78, 5) is 42.6. The average Bonchev–Trinajstić information content (AvgIpc) is 3.58. The van der Waals surface area contributed by atoms with E-state index in [9.17, 15) is 14.4 Å². The molecule has 0 bridgehead atoms. The Labute approximate surface area is 269 Å². The summed E-state index contributed by atoms with van der Waals surface area (Å²) in [5.74, 6) is 0.327. The van der Waals surface area contributed by atoms with E-state index < -0.39 is 11.5 Å². The predicted molar refractivity (Wildman–Crippen MR) is 175 cm³/mol. The SMILES string of the molecule is COCCN1C[C@@H](C)[C@H](NC(=O)Nc2c(C)c(-c3cc(C(=O)NC4CCOCC4)c(=O)n(CCOC)c3)nn2-c2ccccc2)C1. The maximum Gasteiger partial charge on any atom is 0.320 e. The van der Waals surface area contributed by atoms with Crippen molar-refractivity contribution < 1.29 is 23.8 Å². The third kappa shape index (κ3) is 7.84. The van der Waals surface area contributed by atoms with Crippen molar-refractivity contribution >= 4 is 17.8 Å². The molecule has 2 aliphatic heterocycles. The highest BCUT2D eigenvalue weighted by Crippen LogP contribution is 2.31. The van der Waals surface area contributed by atoms with Crippen LogP contribution in [0, 0.1) is 12.8 Å². The number of methoxy groups -OCH3 is 2. The first-order valence-electron chi connectivity index (χ1n) is 15.8. The van der Waals surface area contributed by atoms with Crippen LogP contribution in [0.4, 0.5) is 10.6 Å². The molecular formula is C33H45N7O6. The van der Waals surface area contributed by atoms with Crippen molar-refractivity contribution in [1.82, 2.24) is 29.9 Å². The van der Waals surface area contributed by atoms with Gasteiger partial charge >= 0.3 is 6.03 Å². The van der Waals surface area contributed by atoms with Crippen LogP contribution in [0.2, 0.25) is 0 Å². The summed E-state index contributed by atoms with van der Waals surface area (Å²) < 4.78 is 19.1. The fourth-order valence-corrected chi connectivity index (χ4v) is 6.03. The van der Waals surface area contributed by atoms with Crippen LogP contribution in [0.3, 0.4) is 0 Å². The molecule has 13 heteroatoms. The van der Waals surface area contributed by atoms with Gasteiger partial charge in [0.15, 0.2) is 0 Å². The number of likely N-dealkylation sites (tertiary alicyclic amines) is 1. The number of hydrogen-bond donors (Lipinski definition) is 3. The van der Waals surface area contributed by atoms with Crippen LogP contribution in [0.15, 0.2) is 47.4 Å². The molecule has 2 aliphatic rings. The van der Waals surface area contributed by atoms with E-state index in [1.165, 1.54) is 4.57 Å². The summed E-state index contributed by atoms with van der Waals surface area (Å²) in [7, 11) is 3.25. The van der Waals surface area contributed by atoms with Crippen molar-refractivity contribution in [2.45, 2.75) is 45.3 Å². The third-order valence-electron chi connectivity index (χ3n) is 8.67. The highest BCUT2D eigenvalue weighted by molar-refractivity contribution is 5.96. The second-order valence-corrected chi connectivity index (χ2v) is 12.0. The number of pyridine rings is 1. The molecule has 0 aliphatic carbocycles. The van der Waals surface area contributed by atoms with Crippen LogP contribution < -0.4 is 21.5 Å². The number of carbonyl (C=O) groups excluding carboxylic acids is 2. The van der Waals surface area contributed by atoms with Gasteiger partial charge in [-0.3, -0.25) is 19.8 Å². The van der Waals surface area contributed by atoms with Gasteiger partial charge in [0.1, 0.15) is 11.4 Å². The summed E-state index contributed by atoms with van der Waals surface area (Å²) in [5, 5.41) is 14.1. The molecule has 3 N–H and O–H groups in total. The molecular weight excluding hydrogens is 590 g/mol. The number of benzene rings is 1. The normalized spacial score (nSPS) is 18.9. The Balaban J connectivity index is 1.48. The predicted octanol–water partition coefficient (Wildman–Crippen LogP) is 2.65. The number of amides is 3. The fourth-order valence-electron chi connectivity index (χ4n) is 6.03. The number of carbonyl (C=O) groups is 2. The topological polar surface area (TPSA) is 141 Å². The Morgan fingerprint density at radius 2 is 1.74 bits per heavy atom. The van der Waals surface area contributed by atoms with Crippen molar-refractivity contribution in [1.29, 1.82) is 0 Å². The first-order chi connectivity index (χ1) is 22.3. The first-order valence-corrected chi connectivity index (χ1v) is 15.8. The quantitative estimate of drug-likeness (QED) is 0.276. The molecule has 1 aromatic carbocycles. The van der Waals surface area contributed by atoms with Gasteiger partial charge in [-0.15, -0.1) is 0 Å². The number of aromatic nitrogens is 3. The van der Waals surface area contributed by atoms with Crippen LogP contribution >= 0.6 is 0 Å². The molecule has 13 nitrogen and oxygen atoms in total. The zero-order chi connectivity index (χ0) is 32.6. The number of ether oxygens (including phenoxy) is 3. The first kappa shape index (κ1) is 33.3. The van der Waals surface area contributed by atoms with E-state index in [1.54, 1.807) is 31.2 Å². The van der Waals surface area contributed by atoms with E-state index in [4.69, 9.17) is 19.3 Å². The molecule has 2 saturated heterocycles. The summed E-state index contributed by atoms with van der Waals surface area (Å²) in [6.07, 6.45) is 3.06. The summed E-state index contributed by atoms with van der Waals surface area (Å²) in [6, 6.07) is 10.7. The van der Waals surface area contributed by atoms with Gasteiger partial charge in [0.05, 0.1) is 24.6 Å². The second kappa shape index (κ2) is 15.5. The van der Waals surface area contributed by atoms with Gasteiger partial charge in [-0.2, -0.15) is 5.10 Å². The number of urea groups is 1. The Bertz CT molecular complexity index is 1550. The smallest absolute Gasteiger partial charge is 0.320 e. The van der Waals surface area contributed by atoms with Gasteiger partial charge < -0.3 is 29.4 Å².